The molecule has 35 heavy (non-hydrogen) atoms. The van der Waals surface area contributed by atoms with Crippen LogP contribution in [0.4, 0.5) is 0 Å². The smallest absolute Gasteiger partial charge is 0.340 e. The molecule has 2 aromatic rings. The molecule has 5 N–H and O–H groups in total. The predicted octanol–water partition coefficient (Wildman–Crippen LogP) is -0.516. The third-order valence-electron chi connectivity index (χ3n) is 5.16. The maximum absolute atomic E-state index is 12.8. The third kappa shape index (κ3) is 7.20. The van der Waals surface area contributed by atoms with Gasteiger partial charge in [-0.2, -0.15) is 0 Å². The maximum atomic E-state index is 12.8. The zero-order valence-electron chi connectivity index (χ0n) is 18.8. The van der Waals surface area contributed by atoms with Gasteiger partial charge < -0.3 is 39.0 Å². The fourth-order valence-corrected chi connectivity index (χ4v) is 5.87. The molecule has 0 bridgehead atoms. The van der Waals surface area contributed by atoms with E-state index in [2.05, 4.69) is 9.68 Å². The van der Waals surface area contributed by atoms with E-state index >= 15 is 0 Å². The van der Waals surface area contributed by atoms with Crippen molar-refractivity contribution in [3.8, 4) is 0 Å². The lowest BCUT2D eigenvalue weighted by atomic mass is 10.1. The Kier molecular flexibility index (Phi) is 8.53. The second-order valence-electron chi connectivity index (χ2n) is 8.06. The first-order chi connectivity index (χ1) is 16.3. The summed E-state index contributed by atoms with van der Waals surface area (Å²) in [4.78, 5) is 45.4. The summed E-state index contributed by atoms with van der Waals surface area (Å²) in [6.07, 6.45) is -4.69. The Labute approximate surface area is 199 Å². The van der Waals surface area contributed by atoms with Gasteiger partial charge in [0.15, 0.2) is 17.6 Å². The van der Waals surface area contributed by atoms with E-state index in [0.29, 0.717) is 0 Å². The van der Waals surface area contributed by atoms with Crippen molar-refractivity contribution in [2.45, 2.75) is 38.1 Å². The summed E-state index contributed by atoms with van der Waals surface area (Å²) in [5.41, 5.74) is 1.48. The fraction of sp³-hybridized carbons (Fsp3) is 0.474. The SMILES string of the molecule is Cc1ccc(CO/N=c2/ccn([C@@H]3O[C@H](COP(=O)(O)CP(=O)(O)O)[C@@H](O)[C@H]3O)c(=O)n2C)cc1. The van der Waals surface area contributed by atoms with E-state index in [1.54, 1.807) is 0 Å². The van der Waals surface area contributed by atoms with Gasteiger partial charge in [0.05, 0.1) is 6.61 Å². The van der Waals surface area contributed by atoms with Crippen molar-refractivity contribution in [1.82, 2.24) is 9.13 Å². The van der Waals surface area contributed by atoms with Crippen LogP contribution in [0, 0.1) is 6.92 Å². The molecular weight excluding hydrogens is 508 g/mol. The van der Waals surface area contributed by atoms with Gasteiger partial charge >= 0.3 is 20.9 Å². The highest BCUT2D eigenvalue weighted by molar-refractivity contribution is 7.70. The number of hydrogen-bond donors (Lipinski definition) is 5. The second-order valence-corrected chi connectivity index (χ2v) is 12.1. The summed E-state index contributed by atoms with van der Waals surface area (Å²) in [5.74, 6) is -1.42. The lowest BCUT2D eigenvalue weighted by Crippen LogP contribution is -2.42. The van der Waals surface area contributed by atoms with Gasteiger partial charge in [0.2, 0.25) is 0 Å². The standard InChI is InChI=1S/C19H27N3O11P2/c1-12-3-5-13(6-4-12)9-31-20-15-7-8-22(19(25)21(15)2)18-17(24)16(23)14(33-18)10-32-35(29,30)11-34(26,27)28/h3-8,14,16-18,23-24H,9-11H2,1-2H3,(H,29,30)(H2,26,27,28)/b20-15-/t14-,16-,17-,18-/m1/s1. The minimum atomic E-state index is -4.84. The van der Waals surface area contributed by atoms with Gasteiger partial charge in [0.25, 0.3) is 0 Å². The molecule has 1 aromatic carbocycles. The van der Waals surface area contributed by atoms with E-state index in [4.69, 9.17) is 19.4 Å². The number of aliphatic hydroxyl groups is 2. The van der Waals surface area contributed by atoms with Crippen molar-refractivity contribution in [3.05, 3.63) is 63.6 Å². The van der Waals surface area contributed by atoms with Crippen molar-refractivity contribution in [2.24, 2.45) is 12.2 Å². The molecule has 1 aliphatic rings. The lowest BCUT2D eigenvalue weighted by Gasteiger charge is -2.19. The van der Waals surface area contributed by atoms with E-state index in [-0.39, 0.29) is 12.1 Å². The van der Waals surface area contributed by atoms with Gasteiger partial charge in [-0.3, -0.25) is 18.3 Å². The minimum Gasteiger partial charge on any atom is -0.389 e. The average molecular weight is 535 g/mol. The summed E-state index contributed by atoms with van der Waals surface area (Å²) < 4.78 is 35.0. The number of hydrogen-bond acceptors (Lipinski definition) is 9. The fourth-order valence-electron chi connectivity index (χ4n) is 3.30. The van der Waals surface area contributed by atoms with Crippen LogP contribution in [0.15, 0.2) is 46.5 Å². The van der Waals surface area contributed by atoms with Crippen LogP contribution in [0.2, 0.25) is 0 Å². The lowest BCUT2D eigenvalue weighted by molar-refractivity contribution is -0.0530. The van der Waals surface area contributed by atoms with Crippen LogP contribution in [0.25, 0.3) is 0 Å². The number of nitrogens with zero attached hydrogens (tertiary/aromatic N) is 3. The molecule has 14 nitrogen and oxygen atoms in total. The quantitative estimate of drug-likeness (QED) is 0.204. The Bertz CT molecular complexity index is 1250. The van der Waals surface area contributed by atoms with E-state index in [0.717, 1.165) is 20.3 Å². The Morgan fingerprint density at radius 3 is 2.37 bits per heavy atom. The molecule has 0 saturated carbocycles. The van der Waals surface area contributed by atoms with Crippen molar-refractivity contribution < 1.29 is 48.1 Å². The van der Waals surface area contributed by atoms with E-state index in [9.17, 15) is 29.0 Å². The van der Waals surface area contributed by atoms with Crippen molar-refractivity contribution >= 4 is 15.2 Å². The zero-order chi connectivity index (χ0) is 26.0. The molecule has 0 radical (unpaired) electrons. The van der Waals surface area contributed by atoms with Gasteiger partial charge in [0.1, 0.15) is 24.9 Å². The van der Waals surface area contributed by atoms with Crippen LogP contribution in [0.3, 0.4) is 0 Å². The highest BCUT2D eigenvalue weighted by atomic mass is 31.2. The second kappa shape index (κ2) is 10.9. The van der Waals surface area contributed by atoms with Crippen molar-refractivity contribution in [1.29, 1.82) is 0 Å². The topological polar surface area (TPSA) is 202 Å². The van der Waals surface area contributed by atoms with Crippen LogP contribution >= 0.6 is 15.2 Å². The number of aryl methyl sites for hydroxylation is 1. The monoisotopic (exact) mass is 535 g/mol. The number of ether oxygens (including phenoxy) is 1. The predicted molar refractivity (Wildman–Crippen MR) is 120 cm³/mol. The van der Waals surface area contributed by atoms with Crippen LogP contribution in [0.5, 0.6) is 0 Å². The Morgan fingerprint density at radius 2 is 1.74 bits per heavy atom. The molecule has 194 valence electrons. The normalized spacial score (nSPS) is 24.9. The van der Waals surface area contributed by atoms with Gasteiger partial charge in [0, 0.05) is 19.3 Å². The first-order valence-corrected chi connectivity index (χ1v) is 13.9. The molecule has 0 aliphatic carbocycles. The van der Waals surface area contributed by atoms with Crippen molar-refractivity contribution in [3.63, 3.8) is 0 Å². The number of aromatic nitrogens is 2. The molecule has 2 heterocycles. The van der Waals surface area contributed by atoms with E-state index < -0.39 is 57.9 Å². The van der Waals surface area contributed by atoms with Gasteiger partial charge in [-0.1, -0.05) is 35.0 Å². The average Bonchev–Trinajstić information content (AvgIpc) is 3.03. The first kappa shape index (κ1) is 27.5. The van der Waals surface area contributed by atoms with Crippen LogP contribution in [-0.4, -0.2) is 64.8 Å². The Balaban J connectivity index is 1.70. The molecule has 3 rings (SSSR count). The van der Waals surface area contributed by atoms with Crippen LogP contribution in [-0.2, 0) is 36.9 Å². The van der Waals surface area contributed by atoms with E-state index in [1.807, 2.05) is 31.2 Å². The van der Waals surface area contributed by atoms with Crippen LogP contribution < -0.4 is 11.2 Å². The molecule has 1 aromatic heterocycles. The first-order valence-electron chi connectivity index (χ1n) is 10.3. The summed E-state index contributed by atoms with van der Waals surface area (Å²) in [7, 11) is -8.13. The van der Waals surface area contributed by atoms with Crippen molar-refractivity contribution in [2.75, 3.05) is 12.5 Å². The summed E-state index contributed by atoms with van der Waals surface area (Å²) in [5, 5.41) is 24.5. The summed E-state index contributed by atoms with van der Waals surface area (Å²) in [6, 6.07) is 9.04. The van der Waals surface area contributed by atoms with Crippen LogP contribution in [0.1, 0.15) is 17.4 Å². The van der Waals surface area contributed by atoms with Gasteiger partial charge in [-0.05, 0) is 12.5 Å². The number of aliphatic hydroxyl groups excluding tert-OH is 2. The highest BCUT2D eigenvalue weighted by Gasteiger charge is 2.45. The molecule has 1 saturated heterocycles. The number of benzene rings is 1. The summed E-state index contributed by atoms with van der Waals surface area (Å²) >= 11 is 0. The maximum Gasteiger partial charge on any atom is 0.340 e. The third-order valence-corrected chi connectivity index (χ3v) is 8.62. The molecule has 0 amide bonds. The molecule has 1 aliphatic heterocycles. The molecule has 5 atom stereocenters. The zero-order valence-corrected chi connectivity index (χ0v) is 20.6. The molecule has 0 spiro atoms. The van der Waals surface area contributed by atoms with Gasteiger partial charge in [-0.25, -0.2) is 4.79 Å². The molecule has 1 unspecified atom stereocenters. The number of rotatable bonds is 9. The highest BCUT2D eigenvalue weighted by Crippen LogP contribution is 2.55. The Morgan fingerprint density at radius 1 is 1.09 bits per heavy atom. The minimum absolute atomic E-state index is 0.171. The molecule has 16 heteroatoms. The van der Waals surface area contributed by atoms with E-state index in [1.165, 1.54) is 19.3 Å². The van der Waals surface area contributed by atoms with Gasteiger partial charge in [-0.15, -0.1) is 0 Å². The molecular formula is C19H27N3O11P2. The largest absolute Gasteiger partial charge is 0.389 e. The summed E-state index contributed by atoms with van der Waals surface area (Å²) in [6.45, 7) is 1.38. The molecule has 1 fully saturated rings. The Hall–Kier alpha value is -2.12.